The quantitative estimate of drug-likeness (QED) is 0.670. The van der Waals surface area contributed by atoms with Gasteiger partial charge < -0.3 is 14.7 Å². The van der Waals surface area contributed by atoms with Crippen LogP contribution in [0.3, 0.4) is 0 Å². The van der Waals surface area contributed by atoms with E-state index in [2.05, 4.69) is 20.0 Å². The van der Waals surface area contributed by atoms with Crippen LogP contribution in [0.5, 0.6) is 0 Å². The Bertz CT molecular complexity index is 375. The number of rotatable bonds is 2. The molecule has 1 fully saturated rings. The number of amides is 2. The lowest BCUT2D eigenvalue weighted by Crippen LogP contribution is -2.56. The first kappa shape index (κ1) is 9.63. The summed E-state index contributed by atoms with van der Waals surface area (Å²) in [6, 6.07) is -0.488. The van der Waals surface area contributed by atoms with Crippen molar-refractivity contribution >= 4 is 11.8 Å². The van der Waals surface area contributed by atoms with E-state index in [4.69, 9.17) is 0 Å². The van der Waals surface area contributed by atoms with Gasteiger partial charge in [-0.3, -0.25) is 9.59 Å². The molecule has 0 aliphatic carbocycles. The van der Waals surface area contributed by atoms with Gasteiger partial charge in [0.2, 0.25) is 18.2 Å². The van der Waals surface area contributed by atoms with Crippen LogP contribution in [0.4, 0.5) is 0 Å². The average Bonchev–Trinajstić information content (AvgIpc) is 2.66. The molecule has 80 valence electrons. The van der Waals surface area contributed by atoms with Gasteiger partial charge in [-0.15, -0.1) is 0 Å². The van der Waals surface area contributed by atoms with E-state index in [9.17, 15) is 9.59 Å². The summed E-state index contributed by atoms with van der Waals surface area (Å²) < 4.78 is 4.55. The van der Waals surface area contributed by atoms with Crippen LogP contribution in [0.2, 0.25) is 0 Å². The van der Waals surface area contributed by atoms with Crippen molar-refractivity contribution in [3.8, 4) is 0 Å². The van der Waals surface area contributed by atoms with E-state index in [1.807, 2.05) is 0 Å². The first-order valence-corrected chi connectivity index (χ1v) is 4.50. The van der Waals surface area contributed by atoms with E-state index >= 15 is 0 Å². The standard InChI is InChI=1S/C8H10N4O3/c1-5-8(14)12(3-7(13)10-5)2-6-9-4-15-11-6/h4-5H,2-3H2,1H3,(H,10,13). The number of aromatic nitrogens is 2. The fourth-order valence-corrected chi connectivity index (χ4v) is 1.44. The molecule has 7 heteroatoms. The Hall–Kier alpha value is -1.92. The molecule has 7 nitrogen and oxygen atoms in total. The number of nitrogens with one attached hydrogen (secondary N) is 1. The minimum atomic E-state index is -0.488. The summed E-state index contributed by atoms with van der Waals surface area (Å²) in [5, 5.41) is 6.13. The number of hydrogen-bond acceptors (Lipinski definition) is 5. The molecule has 0 radical (unpaired) electrons. The van der Waals surface area contributed by atoms with Crippen molar-refractivity contribution in [3.63, 3.8) is 0 Å². The minimum Gasteiger partial charge on any atom is -0.343 e. The molecular formula is C8H10N4O3. The molecule has 1 aromatic rings. The molecule has 2 amide bonds. The monoisotopic (exact) mass is 210 g/mol. The van der Waals surface area contributed by atoms with Crippen LogP contribution in [0.1, 0.15) is 12.7 Å². The molecular weight excluding hydrogens is 200 g/mol. The number of carbonyl (C=O) groups is 2. The molecule has 2 heterocycles. The Kier molecular flexibility index (Phi) is 2.36. The third-order valence-electron chi connectivity index (χ3n) is 2.13. The summed E-state index contributed by atoms with van der Waals surface area (Å²) >= 11 is 0. The maximum absolute atomic E-state index is 11.6. The van der Waals surface area contributed by atoms with Crippen molar-refractivity contribution in [2.75, 3.05) is 6.54 Å². The highest BCUT2D eigenvalue weighted by Gasteiger charge is 2.29. The van der Waals surface area contributed by atoms with Gasteiger partial charge in [0.05, 0.1) is 6.54 Å². The molecule has 0 spiro atoms. The van der Waals surface area contributed by atoms with Crippen LogP contribution >= 0.6 is 0 Å². The molecule has 1 saturated heterocycles. The molecule has 1 unspecified atom stereocenters. The Morgan fingerprint density at radius 3 is 3.13 bits per heavy atom. The first-order chi connectivity index (χ1) is 7.16. The topological polar surface area (TPSA) is 88.3 Å². The molecule has 1 aromatic heterocycles. The Labute approximate surface area is 85.4 Å². The van der Waals surface area contributed by atoms with E-state index in [1.165, 1.54) is 11.3 Å². The molecule has 0 bridgehead atoms. The van der Waals surface area contributed by atoms with Crippen LogP contribution in [0.15, 0.2) is 10.9 Å². The summed E-state index contributed by atoms with van der Waals surface area (Å²) in [4.78, 5) is 28.0. The van der Waals surface area contributed by atoms with Gasteiger partial charge >= 0.3 is 0 Å². The minimum absolute atomic E-state index is 0.0394. The van der Waals surface area contributed by atoms with E-state index in [-0.39, 0.29) is 24.9 Å². The Morgan fingerprint density at radius 2 is 2.47 bits per heavy atom. The van der Waals surface area contributed by atoms with Crippen LogP contribution in [-0.4, -0.2) is 39.4 Å². The summed E-state index contributed by atoms with van der Waals surface area (Å²) in [5.41, 5.74) is 0. The van der Waals surface area contributed by atoms with Gasteiger partial charge in [-0.2, -0.15) is 4.98 Å². The highest BCUT2D eigenvalue weighted by atomic mass is 16.5. The molecule has 15 heavy (non-hydrogen) atoms. The number of piperazine rings is 1. The van der Waals surface area contributed by atoms with Gasteiger partial charge in [-0.05, 0) is 6.92 Å². The fraction of sp³-hybridized carbons (Fsp3) is 0.500. The van der Waals surface area contributed by atoms with Crippen molar-refractivity contribution in [2.45, 2.75) is 19.5 Å². The summed E-state index contributed by atoms with van der Waals surface area (Å²) in [6.07, 6.45) is 1.19. The molecule has 1 atom stereocenters. The van der Waals surface area contributed by atoms with Gasteiger partial charge in [0.25, 0.3) is 0 Å². The maximum atomic E-state index is 11.6. The largest absolute Gasteiger partial charge is 0.343 e. The molecule has 2 rings (SSSR count). The lowest BCUT2D eigenvalue weighted by molar-refractivity contribution is -0.144. The van der Waals surface area contributed by atoms with Crippen molar-refractivity contribution < 1.29 is 14.1 Å². The molecule has 0 saturated carbocycles. The third kappa shape index (κ3) is 1.95. The summed E-state index contributed by atoms with van der Waals surface area (Å²) in [5.74, 6) is 0.0789. The van der Waals surface area contributed by atoms with Crippen molar-refractivity contribution in [1.29, 1.82) is 0 Å². The highest BCUT2D eigenvalue weighted by Crippen LogP contribution is 2.05. The van der Waals surface area contributed by atoms with E-state index < -0.39 is 6.04 Å². The first-order valence-electron chi connectivity index (χ1n) is 4.50. The normalized spacial score (nSPS) is 21.7. The van der Waals surface area contributed by atoms with Gasteiger partial charge in [0.15, 0.2) is 5.82 Å². The van der Waals surface area contributed by atoms with Crippen LogP contribution in [0.25, 0.3) is 0 Å². The van der Waals surface area contributed by atoms with Gasteiger partial charge in [-0.1, -0.05) is 5.16 Å². The smallest absolute Gasteiger partial charge is 0.245 e. The van der Waals surface area contributed by atoms with Crippen LogP contribution in [0, 0.1) is 0 Å². The zero-order chi connectivity index (χ0) is 10.8. The molecule has 1 N–H and O–H groups in total. The Balaban J connectivity index is 2.07. The second-order valence-corrected chi connectivity index (χ2v) is 3.33. The zero-order valence-electron chi connectivity index (χ0n) is 8.14. The van der Waals surface area contributed by atoms with E-state index in [1.54, 1.807) is 6.92 Å². The summed E-state index contributed by atoms with van der Waals surface area (Å²) in [6.45, 7) is 1.88. The van der Waals surface area contributed by atoms with Crippen molar-refractivity contribution in [2.24, 2.45) is 0 Å². The third-order valence-corrected chi connectivity index (χ3v) is 2.13. The lowest BCUT2D eigenvalue weighted by atomic mass is 10.2. The van der Waals surface area contributed by atoms with Crippen molar-refractivity contribution in [3.05, 3.63) is 12.2 Å². The zero-order valence-corrected chi connectivity index (χ0v) is 8.14. The predicted octanol–water partition coefficient (Wildman–Crippen LogP) is -1.08. The predicted molar refractivity (Wildman–Crippen MR) is 47.3 cm³/mol. The second-order valence-electron chi connectivity index (χ2n) is 3.33. The second kappa shape index (κ2) is 3.68. The number of nitrogens with zero attached hydrogens (tertiary/aromatic N) is 3. The maximum Gasteiger partial charge on any atom is 0.245 e. The molecule has 1 aliphatic heterocycles. The fourth-order valence-electron chi connectivity index (χ4n) is 1.44. The number of hydrogen-bond donors (Lipinski definition) is 1. The van der Waals surface area contributed by atoms with Gasteiger partial charge in [-0.25, -0.2) is 0 Å². The van der Waals surface area contributed by atoms with Gasteiger partial charge in [0.1, 0.15) is 12.6 Å². The van der Waals surface area contributed by atoms with E-state index in [0.717, 1.165) is 0 Å². The lowest BCUT2D eigenvalue weighted by Gasteiger charge is -2.29. The molecule has 0 aromatic carbocycles. The highest BCUT2D eigenvalue weighted by molar-refractivity contribution is 5.94. The average molecular weight is 210 g/mol. The van der Waals surface area contributed by atoms with Crippen LogP contribution in [-0.2, 0) is 16.1 Å². The Morgan fingerprint density at radius 1 is 1.67 bits per heavy atom. The van der Waals surface area contributed by atoms with Gasteiger partial charge in [0, 0.05) is 0 Å². The summed E-state index contributed by atoms with van der Waals surface area (Å²) in [7, 11) is 0. The SMILES string of the molecule is CC1NC(=O)CN(Cc2ncon2)C1=O. The molecule has 1 aliphatic rings. The van der Waals surface area contributed by atoms with Crippen LogP contribution < -0.4 is 5.32 Å². The van der Waals surface area contributed by atoms with Crippen molar-refractivity contribution in [1.82, 2.24) is 20.4 Å². The number of carbonyl (C=O) groups excluding carboxylic acids is 2. The van der Waals surface area contributed by atoms with E-state index in [0.29, 0.717) is 5.82 Å².